The molecule has 0 aliphatic heterocycles. The summed E-state index contributed by atoms with van der Waals surface area (Å²) in [5.74, 6) is 1.75. The Morgan fingerprint density at radius 1 is 1.02 bits per heavy atom. The van der Waals surface area contributed by atoms with Gasteiger partial charge < -0.3 is 20.0 Å². The average molecular weight is 594 g/mol. The van der Waals surface area contributed by atoms with E-state index in [1.165, 1.54) is 12.1 Å². The van der Waals surface area contributed by atoms with Crippen molar-refractivity contribution in [2.45, 2.75) is 44.1 Å². The zero-order valence-electron chi connectivity index (χ0n) is 22.3. The van der Waals surface area contributed by atoms with Gasteiger partial charge in [-0.25, -0.2) is 4.52 Å². The predicted molar refractivity (Wildman–Crippen MR) is 156 cm³/mol. The highest BCUT2D eigenvalue weighted by Crippen LogP contribution is 2.25. The van der Waals surface area contributed by atoms with Crippen LogP contribution in [0.1, 0.15) is 30.4 Å². The summed E-state index contributed by atoms with van der Waals surface area (Å²) in [6, 6.07) is 21.1. The number of H-pyrrole nitrogens is 1. The second-order valence-electron chi connectivity index (χ2n) is 9.33. The number of rotatable bonds is 12. The highest BCUT2D eigenvalue weighted by molar-refractivity contribution is 7.94. The molecule has 2 aromatic heterocycles. The lowest BCUT2D eigenvalue weighted by atomic mass is 10.1. The van der Waals surface area contributed by atoms with E-state index >= 15 is 0 Å². The van der Waals surface area contributed by atoms with Crippen LogP contribution in [0, 0.1) is 6.92 Å². The van der Waals surface area contributed by atoms with Gasteiger partial charge in [0.2, 0.25) is 0 Å². The SMILES string of the molecule is Cc1[nH]n2c(CCCc3ccc(NC(=O)C(C)Oc4ccc(SOOc5ccc(O)cc5)cc4)cc3)nnc2c1Cl. The highest BCUT2D eigenvalue weighted by atomic mass is 35.5. The van der Waals surface area contributed by atoms with Crippen molar-refractivity contribution in [3.8, 4) is 17.2 Å². The minimum Gasteiger partial charge on any atom is -0.508 e. The molecule has 41 heavy (non-hydrogen) atoms. The van der Waals surface area contributed by atoms with Gasteiger partial charge in [-0.05, 0) is 92.9 Å². The zero-order chi connectivity index (χ0) is 28.8. The second kappa shape index (κ2) is 13.0. The molecular formula is C29H28ClN5O5S. The molecule has 0 radical (unpaired) electrons. The smallest absolute Gasteiger partial charge is 0.265 e. The number of hydrogen-bond acceptors (Lipinski definition) is 8. The van der Waals surface area contributed by atoms with Gasteiger partial charge in [0.05, 0.1) is 17.7 Å². The third kappa shape index (κ3) is 7.31. The first-order valence-electron chi connectivity index (χ1n) is 12.9. The predicted octanol–water partition coefficient (Wildman–Crippen LogP) is 6.32. The Labute approximate surface area is 245 Å². The number of carbonyl (C=O) groups is 1. The van der Waals surface area contributed by atoms with Gasteiger partial charge in [-0.1, -0.05) is 23.7 Å². The Morgan fingerprint density at radius 2 is 1.73 bits per heavy atom. The number of anilines is 1. The van der Waals surface area contributed by atoms with E-state index in [1.54, 1.807) is 43.3 Å². The molecule has 12 heteroatoms. The van der Waals surface area contributed by atoms with E-state index in [1.807, 2.05) is 35.7 Å². The molecule has 0 fully saturated rings. The lowest BCUT2D eigenvalue weighted by molar-refractivity contribution is -0.122. The first kappa shape index (κ1) is 28.3. The van der Waals surface area contributed by atoms with Gasteiger partial charge in [0.25, 0.3) is 5.91 Å². The van der Waals surface area contributed by atoms with Crippen LogP contribution in [0.3, 0.4) is 0 Å². The topological polar surface area (TPSA) is 123 Å². The highest BCUT2D eigenvalue weighted by Gasteiger charge is 2.16. The number of benzene rings is 3. The van der Waals surface area contributed by atoms with E-state index in [0.29, 0.717) is 27.9 Å². The van der Waals surface area contributed by atoms with Crippen LogP contribution in [0.25, 0.3) is 5.65 Å². The van der Waals surface area contributed by atoms with Crippen molar-refractivity contribution in [1.29, 1.82) is 0 Å². The Balaban J connectivity index is 1.04. The summed E-state index contributed by atoms with van der Waals surface area (Å²) < 4.78 is 12.8. The normalized spacial score (nSPS) is 11.9. The van der Waals surface area contributed by atoms with Crippen molar-refractivity contribution in [1.82, 2.24) is 19.8 Å². The largest absolute Gasteiger partial charge is 0.508 e. The van der Waals surface area contributed by atoms with Gasteiger partial charge >= 0.3 is 0 Å². The number of carbonyl (C=O) groups excluding carboxylic acids is 1. The molecule has 2 heterocycles. The van der Waals surface area contributed by atoms with Crippen molar-refractivity contribution >= 4 is 40.9 Å². The number of halogens is 1. The molecule has 0 saturated heterocycles. The van der Waals surface area contributed by atoms with E-state index < -0.39 is 6.10 Å². The van der Waals surface area contributed by atoms with Crippen LogP contribution >= 0.6 is 23.6 Å². The number of aromatic nitrogens is 4. The van der Waals surface area contributed by atoms with Gasteiger partial charge in [0.1, 0.15) is 16.5 Å². The fourth-order valence-corrected chi connectivity index (χ4v) is 4.60. The fourth-order valence-electron chi connectivity index (χ4n) is 4.00. The van der Waals surface area contributed by atoms with Crippen LogP contribution < -0.4 is 14.9 Å². The zero-order valence-corrected chi connectivity index (χ0v) is 23.9. The maximum absolute atomic E-state index is 12.7. The first-order valence-corrected chi connectivity index (χ1v) is 14.0. The Hall–Kier alpha value is -4.19. The molecule has 3 aromatic carbocycles. The summed E-state index contributed by atoms with van der Waals surface area (Å²) in [4.78, 5) is 18.6. The monoisotopic (exact) mass is 593 g/mol. The molecule has 0 bridgehead atoms. The van der Waals surface area contributed by atoms with Crippen molar-refractivity contribution in [3.05, 3.63) is 94.9 Å². The number of ether oxygens (including phenoxy) is 1. The molecule has 5 rings (SSSR count). The van der Waals surface area contributed by atoms with Gasteiger partial charge in [-0.2, -0.15) is 0 Å². The number of phenolic OH excluding ortho intramolecular Hbond substituents is 1. The summed E-state index contributed by atoms with van der Waals surface area (Å²) in [5.41, 5.74) is 3.37. The van der Waals surface area contributed by atoms with Crippen molar-refractivity contribution in [2.75, 3.05) is 5.32 Å². The van der Waals surface area contributed by atoms with E-state index in [2.05, 4.69) is 20.6 Å². The summed E-state index contributed by atoms with van der Waals surface area (Å²) in [6.07, 6.45) is 1.80. The Morgan fingerprint density at radius 3 is 2.46 bits per heavy atom. The van der Waals surface area contributed by atoms with E-state index in [4.69, 9.17) is 25.6 Å². The van der Waals surface area contributed by atoms with Gasteiger partial charge in [0.15, 0.2) is 23.3 Å². The van der Waals surface area contributed by atoms with Gasteiger partial charge in [-0.3, -0.25) is 9.89 Å². The maximum Gasteiger partial charge on any atom is 0.265 e. The molecule has 0 aliphatic rings. The Kier molecular flexibility index (Phi) is 8.98. The minimum atomic E-state index is -0.701. The second-order valence-corrected chi connectivity index (χ2v) is 10.5. The average Bonchev–Trinajstić information content (AvgIpc) is 3.50. The summed E-state index contributed by atoms with van der Waals surface area (Å²) in [7, 11) is 0. The van der Waals surface area contributed by atoms with Crippen molar-refractivity contribution < 1.29 is 23.9 Å². The fraction of sp³-hybridized carbons (Fsp3) is 0.207. The minimum absolute atomic E-state index is 0.147. The lowest BCUT2D eigenvalue weighted by Crippen LogP contribution is -2.30. The maximum atomic E-state index is 12.7. The standard InChI is InChI=1S/C29H28ClN5O5S/c1-18-27(30)28-33-32-26(35(28)34-18)5-3-4-20-6-8-21(9-7-20)31-29(37)19(2)38-23-14-16-25(17-15-23)41-40-39-24-12-10-22(36)11-13-24/h6-17,19,34,36H,3-5H2,1-2H3,(H,31,37). The molecule has 0 aliphatic carbocycles. The summed E-state index contributed by atoms with van der Waals surface area (Å²) in [5, 5.41) is 24.4. The van der Waals surface area contributed by atoms with E-state index in [0.717, 1.165) is 53.3 Å². The number of fused-ring (bicyclic) bond motifs is 1. The third-order valence-electron chi connectivity index (χ3n) is 6.23. The van der Waals surface area contributed by atoms with Crippen LogP contribution in [0.4, 0.5) is 5.69 Å². The molecule has 5 aromatic rings. The van der Waals surface area contributed by atoms with Gasteiger partial charge in [-0.15, -0.1) is 14.5 Å². The Bertz CT molecular complexity index is 1600. The van der Waals surface area contributed by atoms with Crippen LogP contribution in [-0.2, 0) is 22.0 Å². The van der Waals surface area contributed by atoms with Crippen LogP contribution in [0.2, 0.25) is 5.02 Å². The lowest BCUT2D eigenvalue weighted by Gasteiger charge is -2.15. The number of phenols is 1. The number of nitrogens with one attached hydrogen (secondary N) is 2. The molecule has 10 nitrogen and oxygen atoms in total. The molecule has 0 spiro atoms. The molecule has 1 unspecified atom stereocenters. The number of amides is 1. The molecule has 1 atom stereocenters. The van der Waals surface area contributed by atoms with Gasteiger partial charge in [0, 0.05) is 17.0 Å². The number of aromatic hydroxyl groups is 1. The van der Waals surface area contributed by atoms with Crippen LogP contribution in [0.5, 0.6) is 17.2 Å². The number of nitrogens with zero attached hydrogens (tertiary/aromatic N) is 3. The molecule has 3 N–H and O–H groups in total. The molecule has 212 valence electrons. The molecule has 0 saturated carbocycles. The first-order chi connectivity index (χ1) is 19.9. The van der Waals surface area contributed by atoms with Crippen LogP contribution in [-0.4, -0.2) is 36.9 Å². The van der Waals surface area contributed by atoms with Crippen molar-refractivity contribution in [3.63, 3.8) is 0 Å². The van der Waals surface area contributed by atoms with E-state index in [9.17, 15) is 9.90 Å². The van der Waals surface area contributed by atoms with E-state index in [-0.39, 0.29) is 11.7 Å². The quantitative estimate of drug-likeness (QED) is 0.0872. The summed E-state index contributed by atoms with van der Waals surface area (Å²) in [6.45, 7) is 3.60. The number of hydrogen-bond donors (Lipinski definition) is 3. The molecular weight excluding hydrogens is 566 g/mol. The number of aryl methyl sites for hydroxylation is 3. The summed E-state index contributed by atoms with van der Waals surface area (Å²) >= 11 is 7.26. The van der Waals surface area contributed by atoms with Crippen molar-refractivity contribution in [2.24, 2.45) is 0 Å². The molecule has 1 amide bonds. The third-order valence-corrected chi connectivity index (χ3v) is 7.28. The van der Waals surface area contributed by atoms with Crippen LogP contribution in [0.15, 0.2) is 77.7 Å². The number of aromatic amines is 1.